The fourth-order valence-electron chi connectivity index (χ4n) is 1.98. The number of hydrogen-bond acceptors (Lipinski definition) is 2. The van der Waals surface area contributed by atoms with Crippen molar-refractivity contribution in [2.24, 2.45) is 0 Å². The fraction of sp³-hybridized carbons (Fsp3) is 0.286. The number of benzene rings is 1. The first-order valence-corrected chi connectivity index (χ1v) is 7.58. The van der Waals surface area contributed by atoms with Gasteiger partial charge in [0.25, 0.3) is 0 Å². The lowest BCUT2D eigenvalue weighted by Gasteiger charge is -2.17. The molecule has 0 aliphatic heterocycles. The number of aryl methyl sites for hydroxylation is 1. The highest BCUT2D eigenvalue weighted by atomic mass is 79.9. The maximum Gasteiger partial charge on any atom is 0.145 e. The molecule has 1 atom stereocenters. The van der Waals surface area contributed by atoms with Crippen molar-refractivity contribution in [1.29, 1.82) is 0 Å². The molecule has 0 bridgehead atoms. The highest BCUT2D eigenvalue weighted by Crippen LogP contribution is 2.33. The summed E-state index contributed by atoms with van der Waals surface area (Å²) in [5, 5.41) is 2.99. The van der Waals surface area contributed by atoms with Gasteiger partial charge in [0.05, 0.1) is 10.5 Å². The molecule has 0 amide bonds. The minimum absolute atomic E-state index is 0.0568. The van der Waals surface area contributed by atoms with Crippen LogP contribution in [0.3, 0.4) is 0 Å². The van der Waals surface area contributed by atoms with Crippen LogP contribution in [0, 0.1) is 11.6 Å². The van der Waals surface area contributed by atoms with Crippen molar-refractivity contribution in [2.75, 3.05) is 7.05 Å². The summed E-state index contributed by atoms with van der Waals surface area (Å²) >= 11 is 4.68. The molecule has 0 aliphatic rings. The first-order chi connectivity index (χ1) is 9.08. The molecular formula is C14H14BrF2NS. The van der Waals surface area contributed by atoms with Crippen molar-refractivity contribution in [3.05, 3.63) is 55.7 Å². The van der Waals surface area contributed by atoms with Gasteiger partial charge in [-0.1, -0.05) is 6.92 Å². The maximum absolute atomic E-state index is 14.2. The van der Waals surface area contributed by atoms with Crippen LogP contribution in [0.15, 0.2) is 28.7 Å². The molecule has 5 heteroatoms. The van der Waals surface area contributed by atoms with Gasteiger partial charge in [0.15, 0.2) is 0 Å². The maximum atomic E-state index is 14.2. The zero-order valence-electron chi connectivity index (χ0n) is 10.6. The predicted molar refractivity (Wildman–Crippen MR) is 78.7 cm³/mol. The van der Waals surface area contributed by atoms with Gasteiger partial charge in [-0.15, -0.1) is 11.3 Å². The van der Waals surface area contributed by atoms with Crippen LogP contribution in [0.5, 0.6) is 0 Å². The second kappa shape index (κ2) is 6.11. The Hall–Kier alpha value is -0.780. The van der Waals surface area contributed by atoms with Crippen molar-refractivity contribution >= 4 is 27.3 Å². The normalized spacial score (nSPS) is 12.7. The molecule has 19 heavy (non-hydrogen) atoms. The summed E-state index contributed by atoms with van der Waals surface area (Å²) in [4.78, 5) is 2.11. The van der Waals surface area contributed by atoms with Crippen LogP contribution in [-0.4, -0.2) is 7.05 Å². The molecule has 1 N–H and O–H groups in total. The van der Waals surface area contributed by atoms with E-state index in [1.165, 1.54) is 17.0 Å². The van der Waals surface area contributed by atoms with E-state index in [2.05, 4.69) is 28.2 Å². The Morgan fingerprint density at radius 1 is 1.26 bits per heavy atom. The lowest BCUT2D eigenvalue weighted by molar-refractivity contribution is 0.521. The summed E-state index contributed by atoms with van der Waals surface area (Å²) < 4.78 is 28.4. The molecule has 0 saturated carbocycles. The van der Waals surface area contributed by atoms with Gasteiger partial charge < -0.3 is 5.32 Å². The molecule has 2 rings (SSSR count). The third-order valence-electron chi connectivity index (χ3n) is 2.97. The van der Waals surface area contributed by atoms with Crippen LogP contribution in [0.2, 0.25) is 0 Å². The largest absolute Gasteiger partial charge is 0.308 e. The summed E-state index contributed by atoms with van der Waals surface area (Å²) in [6.07, 6.45) is 0.921. The molecule has 102 valence electrons. The van der Waals surface area contributed by atoms with Gasteiger partial charge in [0, 0.05) is 15.3 Å². The van der Waals surface area contributed by atoms with Crippen LogP contribution < -0.4 is 5.32 Å². The molecule has 1 nitrogen and oxygen atoms in total. The van der Waals surface area contributed by atoms with Crippen molar-refractivity contribution in [2.45, 2.75) is 19.4 Å². The number of nitrogens with one attached hydrogen (secondary N) is 1. The smallest absolute Gasteiger partial charge is 0.145 e. The van der Waals surface area contributed by atoms with E-state index in [0.29, 0.717) is 0 Å². The lowest BCUT2D eigenvalue weighted by atomic mass is 10.0. The number of hydrogen-bond donors (Lipinski definition) is 1. The van der Waals surface area contributed by atoms with Crippen LogP contribution in [0.25, 0.3) is 0 Å². The Balaban J connectivity index is 2.50. The molecule has 0 aliphatic carbocycles. The minimum atomic E-state index is -0.550. The molecule has 0 spiro atoms. The van der Waals surface area contributed by atoms with Crippen molar-refractivity contribution in [1.82, 2.24) is 5.32 Å². The molecule has 1 heterocycles. The number of thiophene rings is 1. The van der Waals surface area contributed by atoms with Crippen molar-refractivity contribution < 1.29 is 8.78 Å². The fourth-order valence-corrected chi connectivity index (χ4v) is 3.39. The van der Waals surface area contributed by atoms with E-state index >= 15 is 0 Å². The Bertz CT molecular complexity index is 583. The van der Waals surface area contributed by atoms with Gasteiger partial charge in [-0.3, -0.25) is 0 Å². The van der Waals surface area contributed by atoms with Gasteiger partial charge in [-0.2, -0.15) is 0 Å². The van der Waals surface area contributed by atoms with Crippen molar-refractivity contribution in [3.8, 4) is 0 Å². The van der Waals surface area contributed by atoms with E-state index in [1.54, 1.807) is 18.4 Å². The van der Waals surface area contributed by atoms with Crippen LogP contribution in [-0.2, 0) is 6.42 Å². The number of halogens is 3. The minimum Gasteiger partial charge on any atom is -0.308 e. The van der Waals surface area contributed by atoms with Gasteiger partial charge >= 0.3 is 0 Å². The Morgan fingerprint density at radius 2 is 2.00 bits per heavy atom. The van der Waals surface area contributed by atoms with E-state index in [9.17, 15) is 8.78 Å². The predicted octanol–water partition coefficient (Wildman–Crippen LogP) is 4.66. The summed E-state index contributed by atoms with van der Waals surface area (Å²) in [6.45, 7) is 2.06. The van der Waals surface area contributed by atoms with Crippen LogP contribution >= 0.6 is 27.3 Å². The lowest BCUT2D eigenvalue weighted by Crippen LogP contribution is -2.19. The first kappa shape index (κ1) is 14.6. The monoisotopic (exact) mass is 345 g/mol. The second-order valence-electron chi connectivity index (χ2n) is 4.14. The molecule has 0 fully saturated rings. The second-order valence-corrected chi connectivity index (χ2v) is 6.19. The average molecular weight is 346 g/mol. The first-order valence-electron chi connectivity index (χ1n) is 5.97. The van der Waals surface area contributed by atoms with Gasteiger partial charge in [-0.25, -0.2) is 8.78 Å². The van der Waals surface area contributed by atoms with Gasteiger partial charge in [-0.05, 0) is 53.7 Å². The Morgan fingerprint density at radius 3 is 2.58 bits per heavy atom. The topological polar surface area (TPSA) is 12.0 Å². The third kappa shape index (κ3) is 2.88. The summed E-state index contributed by atoms with van der Waals surface area (Å²) in [5.41, 5.74) is 0.0568. The highest BCUT2D eigenvalue weighted by molar-refractivity contribution is 9.10. The molecule has 0 radical (unpaired) electrons. The van der Waals surface area contributed by atoms with E-state index < -0.39 is 17.7 Å². The molecule has 1 unspecified atom stereocenters. The summed E-state index contributed by atoms with van der Waals surface area (Å²) in [6, 6.07) is 6.11. The van der Waals surface area contributed by atoms with E-state index in [1.807, 2.05) is 12.1 Å². The Kier molecular flexibility index (Phi) is 4.71. The van der Waals surface area contributed by atoms with E-state index in [4.69, 9.17) is 0 Å². The van der Waals surface area contributed by atoms with Crippen LogP contribution in [0.1, 0.15) is 28.3 Å². The highest BCUT2D eigenvalue weighted by Gasteiger charge is 2.23. The Labute approximate surface area is 123 Å². The van der Waals surface area contributed by atoms with Gasteiger partial charge in [0.2, 0.25) is 0 Å². The van der Waals surface area contributed by atoms with Crippen LogP contribution in [0.4, 0.5) is 8.78 Å². The molecule has 1 aromatic carbocycles. The molecular weight excluding hydrogens is 332 g/mol. The zero-order chi connectivity index (χ0) is 14.0. The third-order valence-corrected chi connectivity index (χ3v) is 4.88. The van der Waals surface area contributed by atoms with E-state index in [-0.39, 0.29) is 10.0 Å². The standard InChI is InChI=1S/C14H14BrF2NS/c1-3-8-4-7-11(19-8)14(18-2)12-10(16)6-5-9(15)13(12)17/h4-7,14,18H,3H2,1-2H3. The molecule has 2 aromatic rings. The SMILES string of the molecule is CCc1ccc(C(NC)c2c(F)ccc(Br)c2F)s1. The quantitative estimate of drug-likeness (QED) is 0.794. The molecule has 0 saturated heterocycles. The zero-order valence-corrected chi connectivity index (χ0v) is 13.0. The van der Waals surface area contributed by atoms with Crippen molar-refractivity contribution in [3.63, 3.8) is 0 Å². The van der Waals surface area contributed by atoms with E-state index in [0.717, 1.165) is 11.3 Å². The summed E-state index contributed by atoms with van der Waals surface area (Å²) in [5.74, 6) is -1.09. The summed E-state index contributed by atoms with van der Waals surface area (Å²) in [7, 11) is 1.70. The number of rotatable bonds is 4. The van der Waals surface area contributed by atoms with Gasteiger partial charge in [0.1, 0.15) is 11.6 Å². The average Bonchev–Trinajstić information content (AvgIpc) is 2.87. The molecule has 1 aromatic heterocycles.